The van der Waals surface area contributed by atoms with Crippen molar-refractivity contribution in [3.63, 3.8) is 0 Å². The zero-order valence-corrected chi connectivity index (χ0v) is 15.4. The fourth-order valence-electron chi connectivity index (χ4n) is 3.72. The minimum atomic E-state index is 0.248. The number of benzene rings is 1. The van der Waals surface area contributed by atoms with E-state index in [-0.39, 0.29) is 12.2 Å². The van der Waals surface area contributed by atoms with Gasteiger partial charge in [-0.25, -0.2) is 4.98 Å². The van der Waals surface area contributed by atoms with Crippen LogP contribution in [0.15, 0.2) is 48.8 Å². The molecule has 2 aromatic heterocycles. The summed E-state index contributed by atoms with van der Waals surface area (Å²) in [5.74, 6) is 1.04. The van der Waals surface area contributed by atoms with Gasteiger partial charge in [-0.3, -0.25) is 0 Å². The van der Waals surface area contributed by atoms with Crippen molar-refractivity contribution in [3.05, 3.63) is 59.9 Å². The maximum Gasteiger partial charge on any atom is 0.128 e. The van der Waals surface area contributed by atoms with Crippen molar-refractivity contribution in [1.82, 2.24) is 15.3 Å². The third-order valence-electron chi connectivity index (χ3n) is 4.88. The lowest BCUT2D eigenvalue weighted by Crippen LogP contribution is -2.45. The molecule has 1 aliphatic rings. The summed E-state index contributed by atoms with van der Waals surface area (Å²) in [6.45, 7) is 7.68. The average molecular weight is 350 g/mol. The summed E-state index contributed by atoms with van der Waals surface area (Å²) in [7, 11) is 0. The van der Waals surface area contributed by atoms with Gasteiger partial charge in [-0.2, -0.15) is 0 Å². The normalized spacial score (nSPS) is 20.6. The highest BCUT2D eigenvalue weighted by Crippen LogP contribution is 2.19. The van der Waals surface area contributed by atoms with Crippen LogP contribution in [0.3, 0.4) is 0 Å². The molecule has 26 heavy (non-hydrogen) atoms. The number of anilines is 1. The molecule has 1 aliphatic heterocycles. The van der Waals surface area contributed by atoms with Crippen LogP contribution in [0.4, 0.5) is 5.82 Å². The molecule has 1 fully saturated rings. The quantitative estimate of drug-likeness (QED) is 0.740. The zero-order valence-electron chi connectivity index (χ0n) is 15.4. The second kappa shape index (κ2) is 7.48. The molecule has 3 heterocycles. The lowest BCUT2D eigenvalue weighted by molar-refractivity contribution is -0.00545. The molecule has 0 amide bonds. The van der Waals surface area contributed by atoms with E-state index in [0.717, 1.165) is 32.0 Å². The fraction of sp³-hybridized carbons (Fsp3) is 0.381. The summed E-state index contributed by atoms with van der Waals surface area (Å²) >= 11 is 0. The Morgan fingerprint density at radius 1 is 1.12 bits per heavy atom. The topological polar surface area (TPSA) is 53.2 Å². The minimum absolute atomic E-state index is 0.248. The smallest absolute Gasteiger partial charge is 0.128 e. The van der Waals surface area contributed by atoms with Crippen LogP contribution >= 0.6 is 0 Å². The van der Waals surface area contributed by atoms with Gasteiger partial charge in [0.15, 0.2) is 0 Å². The van der Waals surface area contributed by atoms with Gasteiger partial charge in [-0.1, -0.05) is 18.2 Å². The molecule has 0 radical (unpaired) electrons. The summed E-state index contributed by atoms with van der Waals surface area (Å²) in [5.41, 5.74) is 3.69. The molecule has 3 aromatic rings. The van der Waals surface area contributed by atoms with E-state index in [4.69, 9.17) is 4.74 Å². The number of aromatic amines is 1. The molecule has 4 rings (SSSR count). The Labute approximate surface area is 154 Å². The molecule has 5 heteroatoms. The number of hydrogen-bond acceptors (Lipinski definition) is 4. The van der Waals surface area contributed by atoms with Gasteiger partial charge < -0.3 is 19.9 Å². The average Bonchev–Trinajstić information content (AvgIpc) is 3.11. The van der Waals surface area contributed by atoms with E-state index < -0.39 is 0 Å². The minimum Gasteiger partial charge on any atom is -0.372 e. The third kappa shape index (κ3) is 3.74. The number of nitrogens with zero attached hydrogens (tertiary/aromatic N) is 2. The molecule has 2 unspecified atom stereocenters. The number of fused-ring (bicyclic) bond motifs is 1. The molecule has 136 valence electrons. The zero-order chi connectivity index (χ0) is 17.9. The van der Waals surface area contributed by atoms with E-state index >= 15 is 0 Å². The number of pyridine rings is 1. The SMILES string of the molecule is CC1CN(c2ccc(CNCc3cccc4[nH]ccc34)cn2)CC(C)O1. The van der Waals surface area contributed by atoms with Crippen LogP contribution in [-0.2, 0) is 17.8 Å². The van der Waals surface area contributed by atoms with Crippen LogP contribution in [0.25, 0.3) is 10.9 Å². The molecule has 0 spiro atoms. The van der Waals surface area contributed by atoms with Crippen molar-refractivity contribution < 1.29 is 4.74 Å². The highest BCUT2D eigenvalue weighted by molar-refractivity contribution is 5.82. The number of nitrogens with one attached hydrogen (secondary N) is 2. The van der Waals surface area contributed by atoms with Gasteiger partial charge in [0.2, 0.25) is 0 Å². The van der Waals surface area contributed by atoms with Crippen molar-refractivity contribution in [1.29, 1.82) is 0 Å². The van der Waals surface area contributed by atoms with Gasteiger partial charge in [0.25, 0.3) is 0 Å². The van der Waals surface area contributed by atoms with Crippen LogP contribution < -0.4 is 10.2 Å². The Kier molecular flexibility index (Phi) is 4.91. The Bertz CT molecular complexity index is 848. The van der Waals surface area contributed by atoms with E-state index in [2.05, 4.69) is 70.4 Å². The first-order valence-corrected chi connectivity index (χ1v) is 9.30. The van der Waals surface area contributed by atoms with E-state index in [1.54, 1.807) is 0 Å². The van der Waals surface area contributed by atoms with Crippen molar-refractivity contribution >= 4 is 16.7 Å². The molecular formula is C21H26N4O. The van der Waals surface area contributed by atoms with Gasteiger partial charge in [0, 0.05) is 49.5 Å². The summed E-state index contributed by atoms with van der Waals surface area (Å²) < 4.78 is 5.80. The Hall–Kier alpha value is -2.37. The van der Waals surface area contributed by atoms with Gasteiger partial charge in [-0.05, 0) is 43.2 Å². The second-order valence-electron chi connectivity index (χ2n) is 7.15. The molecular weight excluding hydrogens is 324 g/mol. The summed E-state index contributed by atoms with van der Waals surface area (Å²) in [6, 6.07) is 12.8. The first-order chi connectivity index (χ1) is 12.7. The molecule has 2 N–H and O–H groups in total. The van der Waals surface area contributed by atoms with Gasteiger partial charge in [0.1, 0.15) is 5.82 Å². The second-order valence-corrected chi connectivity index (χ2v) is 7.15. The number of morpholine rings is 1. The van der Waals surface area contributed by atoms with Crippen molar-refractivity contribution in [3.8, 4) is 0 Å². The lowest BCUT2D eigenvalue weighted by atomic mass is 10.1. The van der Waals surface area contributed by atoms with Gasteiger partial charge in [-0.15, -0.1) is 0 Å². The summed E-state index contributed by atoms with van der Waals surface area (Å²) in [4.78, 5) is 10.2. The van der Waals surface area contributed by atoms with Crippen LogP contribution in [0.2, 0.25) is 0 Å². The molecule has 1 aromatic carbocycles. The number of hydrogen-bond donors (Lipinski definition) is 2. The first kappa shape index (κ1) is 17.1. The number of ether oxygens (including phenoxy) is 1. The third-order valence-corrected chi connectivity index (χ3v) is 4.88. The predicted molar refractivity (Wildman–Crippen MR) is 105 cm³/mol. The van der Waals surface area contributed by atoms with Gasteiger partial charge in [0.05, 0.1) is 12.2 Å². The van der Waals surface area contributed by atoms with E-state index in [9.17, 15) is 0 Å². The number of rotatable bonds is 5. The van der Waals surface area contributed by atoms with Crippen molar-refractivity contribution in [2.45, 2.75) is 39.1 Å². The first-order valence-electron chi connectivity index (χ1n) is 9.30. The van der Waals surface area contributed by atoms with Crippen LogP contribution in [0, 0.1) is 0 Å². The summed E-state index contributed by atoms with van der Waals surface area (Å²) in [6.07, 6.45) is 4.46. The van der Waals surface area contributed by atoms with Crippen molar-refractivity contribution in [2.75, 3.05) is 18.0 Å². The fourth-order valence-corrected chi connectivity index (χ4v) is 3.72. The van der Waals surface area contributed by atoms with E-state index in [1.807, 2.05) is 12.4 Å². The standard InChI is InChI=1S/C21H26N4O/c1-15-13-25(14-16(2)26-15)21-7-6-17(11-24-21)10-22-12-18-4-3-5-20-19(18)8-9-23-20/h3-9,11,15-16,22-23H,10,12-14H2,1-2H3. The van der Waals surface area contributed by atoms with E-state index in [1.165, 1.54) is 22.0 Å². The largest absolute Gasteiger partial charge is 0.372 e. The van der Waals surface area contributed by atoms with Crippen molar-refractivity contribution in [2.24, 2.45) is 0 Å². The molecule has 2 atom stereocenters. The monoisotopic (exact) mass is 350 g/mol. The maximum absolute atomic E-state index is 5.80. The predicted octanol–water partition coefficient (Wildman–Crippen LogP) is 3.47. The Morgan fingerprint density at radius 3 is 2.73 bits per heavy atom. The maximum atomic E-state index is 5.80. The van der Waals surface area contributed by atoms with Crippen LogP contribution in [0.1, 0.15) is 25.0 Å². The highest BCUT2D eigenvalue weighted by atomic mass is 16.5. The highest BCUT2D eigenvalue weighted by Gasteiger charge is 2.22. The summed E-state index contributed by atoms with van der Waals surface area (Å²) in [5, 5.41) is 4.81. The molecule has 0 aliphatic carbocycles. The number of H-pyrrole nitrogens is 1. The number of aromatic nitrogens is 2. The Morgan fingerprint density at radius 2 is 1.96 bits per heavy atom. The van der Waals surface area contributed by atoms with Gasteiger partial charge >= 0.3 is 0 Å². The van der Waals surface area contributed by atoms with Crippen LogP contribution in [-0.4, -0.2) is 35.3 Å². The molecule has 0 bridgehead atoms. The Balaban J connectivity index is 1.35. The van der Waals surface area contributed by atoms with Crippen LogP contribution in [0.5, 0.6) is 0 Å². The van der Waals surface area contributed by atoms with E-state index in [0.29, 0.717) is 0 Å². The molecule has 1 saturated heterocycles. The molecule has 5 nitrogen and oxygen atoms in total. The molecule has 0 saturated carbocycles. The lowest BCUT2D eigenvalue weighted by Gasteiger charge is -2.36.